The standard InChI is InChI=1S/C23H20ClN3O5S/c1-16-5-11-21(12-6-16)33(30,31)26-15-22(28)27-25-14-17-7-9-20(10-8-17)32-23(29)18-3-2-4-19(24)13-18/h2-14,26H,15H2,1H3,(H,27,28). The largest absolute Gasteiger partial charge is 0.423 e. The lowest BCUT2D eigenvalue weighted by molar-refractivity contribution is -0.119. The lowest BCUT2D eigenvalue weighted by Gasteiger charge is -2.06. The SMILES string of the molecule is Cc1ccc(S(=O)(=O)NCC(=O)NN=Cc2ccc(OC(=O)c3cccc(Cl)c3)cc2)cc1. The van der Waals surface area contributed by atoms with E-state index < -0.39 is 28.4 Å². The molecule has 3 aromatic carbocycles. The van der Waals surface area contributed by atoms with Gasteiger partial charge in [0, 0.05) is 5.02 Å². The van der Waals surface area contributed by atoms with Gasteiger partial charge in [-0.25, -0.2) is 23.4 Å². The van der Waals surface area contributed by atoms with E-state index in [0.717, 1.165) is 5.56 Å². The van der Waals surface area contributed by atoms with Gasteiger partial charge in [0.1, 0.15) is 5.75 Å². The molecule has 0 aliphatic heterocycles. The Kier molecular flexibility index (Phi) is 7.94. The molecule has 0 bridgehead atoms. The van der Waals surface area contributed by atoms with Crippen molar-refractivity contribution in [2.45, 2.75) is 11.8 Å². The molecule has 170 valence electrons. The number of amides is 1. The maximum atomic E-state index is 12.2. The first-order valence-corrected chi connectivity index (χ1v) is 11.5. The van der Waals surface area contributed by atoms with Crippen LogP contribution in [0.3, 0.4) is 0 Å². The first-order valence-electron chi connectivity index (χ1n) is 9.69. The van der Waals surface area contributed by atoms with Gasteiger partial charge in [-0.1, -0.05) is 35.4 Å². The number of carbonyl (C=O) groups excluding carboxylic acids is 2. The minimum atomic E-state index is -3.80. The first-order chi connectivity index (χ1) is 15.7. The molecule has 10 heteroatoms. The van der Waals surface area contributed by atoms with Crippen LogP contribution < -0.4 is 14.9 Å². The van der Waals surface area contributed by atoms with E-state index in [9.17, 15) is 18.0 Å². The van der Waals surface area contributed by atoms with Crippen molar-refractivity contribution in [3.63, 3.8) is 0 Å². The molecule has 0 aliphatic rings. The number of ether oxygens (including phenoxy) is 1. The van der Waals surface area contributed by atoms with Crippen LogP contribution in [0.2, 0.25) is 5.02 Å². The highest BCUT2D eigenvalue weighted by Crippen LogP contribution is 2.16. The number of halogens is 1. The molecule has 0 unspecified atom stereocenters. The number of hydrazone groups is 1. The van der Waals surface area contributed by atoms with Gasteiger partial charge in [-0.15, -0.1) is 0 Å². The van der Waals surface area contributed by atoms with Crippen LogP contribution in [-0.4, -0.2) is 33.1 Å². The summed E-state index contributed by atoms with van der Waals surface area (Å²) in [5.74, 6) is -0.847. The smallest absolute Gasteiger partial charge is 0.343 e. The molecule has 0 aliphatic carbocycles. The second-order valence-electron chi connectivity index (χ2n) is 6.90. The molecule has 1 amide bonds. The zero-order valence-corrected chi connectivity index (χ0v) is 19.1. The topological polar surface area (TPSA) is 114 Å². The Labute approximate surface area is 196 Å². The van der Waals surface area contributed by atoms with Crippen LogP contribution in [-0.2, 0) is 14.8 Å². The van der Waals surface area contributed by atoms with Crippen molar-refractivity contribution in [1.29, 1.82) is 0 Å². The van der Waals surface area contributed by atoms with Crippen molar-refractivity contribution < 1.29 is 22.7 Å². The van der Waals surface area contributed by atoms with Crippen molar-refractivity contribution in [2.75, 3.05) is 6.54 Å². The Morgan fingerprint density at radius 2 is 1.73 bits per heavy atom. The van der Waals surface area contributed by atoms with Gasteiger partial charge in [-0.2, -0.15) is 5.10 Å². The van der Waals surface area contributed by atoms with E-state index in [0.29, 0.717) is 21.9 Å². The fourth-order valence-corrected chi connectivity index (χ4v) is 3.76. The van der Waals surface area contributed by atoms with Gasteiger partial charge in [0.15, 0.2) is 0 Å². The maximum Gasteiger partial charge on any atom is 0.343 e. The molecule has 0 saturated carbocycles. The average Bonchev–Trinajstić information content (AvgIpc) is 2.79. The van der Waals surface area contributed by atoms with Crippen LogP contribution in [0.1, 0.15) is 21.5 Å². The van der Waals surface area contributed by atoms with Crippen LogP contribution in [0.15, 0.2) is 82.8 Å². The van der Waals surface area contributed by atoms with Crippen molar-refractivity contribution in [3.05, 3.63) is 94.5 Å². The molecule has 3 aromatic rings. The molecule has 0 fully saturated rings. The molecular weight excluding hydrogens is 466 g/mol. The van der Waals surface area contributed by atoms with Gasteiger partial charge in [0.05, 0.1) is 23.2 Å². The van der Waals surface area contributed by atoms with Crippen molar-refractivity contribution in [3.8, 4) is 5.75 Å². The van der Waals surface area contributed by atoms with E-state index in [1.54, 1.807) is 54.6 Å². The number of carbonyl (C=O) groups is 2. The predicted molar refractivity (Wildman–Crippen MR) is 125 cm³/mol. The van der Waals surface area contributed by atoms with Crippen molar-refractivity contribution in [2.24, 2.45) is 5.10 Å². The van der Waals surface area contributed by atoms with E-state index in [1.165, 1.54) is 24.4 Å². The number of hydrogen-bond acceptors (Lipinski definition) is 6. The zero-order chi connectivity index (χ0) is 23.8. The molecule has 3 rings (SSSR count). The molecule has 0 atom stereocenters. The summed E-state index contributed by atoms with van der Waals surface area (Å²) in [5.41, 5.74) is 4.12. The Morgan fingerprint density at radius 3 is 2.39 bits per heavy atom. The fraction of sp³-hybridized carbons (Fsp3) is 0.0870. The summed E-state index contributed by atoms with van der Waals surface area (Å²) in [6, 6.07) is 19.1. The molecule has 0 heterocycles. The third-order valence-electron chi connectivity index (χ3n) is 4.31. The molecule has 2 N–H and O–H groups in total. The second kappa shape index (κ2) is 10.9. The third kappa shape index (κ3) is 7.25. The quantitative estimate of drug-likeness (QED) is 0.220. The summed E-state index contributed by atoms with van der Waals surface area (Å²) in [6.07, 6.45) is 1.37. The normalized spacial score (nSPS) is 11.3. The minimum Gasteiger partial charge on any atom is -0.423 e. The minimum absolute atomic E-state index is 0.0700. The highest BCUT2D eigenvalue weighted by atomic mass is 35.5. The summed E-state index contributed by atoms with van der Waals surface area (Å²) < 4.78 is 31.9. The Bertz CT molecular complexity index is 1270. The van der Waals surface area contributed by atoms with Gasteiger partial charge in [-0.05, 0) is 67.1 Å². The van der Waals surface area contributed by atoms with E-state index in [2.05, 4.69) is 15.2 Å². The Hall–Kier alpha value is -3.53. The van der Waals surface area contributed by atoms with E-state index >= 15 is 0 Å². The Morgan fingerprint density at radius 1 is 1.03 bits per heavy atom. The van der Waals surface area contributed by atoms with Gasteiger partial charge in [-0.3, -0.25) is 4.79 Å². The summed E-state index contributed by atoms with van der Waals surface area (Å²) >= 11 is 5.87. The van der Waals surface area contributed by atoms with Crippen LogP contribution in [0, 0.1) is 6.92 Å². The highest BCUT2D eigenvalue weighted by molar-refractivity contribution is 7.89. The van der Waals surface area contributed by atoms with Crippen molar-refractivity contribution in [1.82, 2.24) is 10.1 Å². The number of nitrogens with zero attached hydrogens (tertiary/aromatic N) is 1. The third-order valence-corrected chi connectivity index (χ3v) is 5.96. The highest BCUT2D eigenvalue weighted by Gasteiger charge is 2.15. The number of nitrogens with one attached hydrogen (secondary N) is 2. The molecule has 8 nitrogen and oxygen atoms in total. The molecule has 0 aromatic heterocycles. The van der Waals surface area contributed by atoms with Gasteiger partial charge in [0.25, 0.3) is 5.91 Å². The number of benzene rings is 3. The summed E-state index contributed by atoms with van der Waals surface area (Å²) in [7, 11) is -3.80. The summed E-state index contributed by atoms with van der Waals surface area (Å²) in [5, 5.41) is 4.22. The number of rotatable bonds is 8. The molecule has 0 radical (unpaired) electrons. The van der Waals surface area contributed by atoms with Gasteiger partial charge >= 0.3 is 5.97 Å². The van der Waals surface area contributed by atoms with Crippen LogP contribution in [0.25, 0.3) is 0 Å². The first kappa shape index (κ1) is 24.1. The number of sulfonamides is 1. The summed E-state index contributed by atoms with van der Waals surface area (Å²) in [4.78, 5) is 24.1. The van der Waals surface area contributed by atoms with E-state index in [1.807, 2.05) is 6.92 Å². The fourth-order valence-electron chi connectivity index (χ4n) is 2.58. The molecule has 0 spiro atoms. The van der Waals surface area contributed by atoms with Crippen molar-refractivity contribution >= 4 is 39.7 Å². The van der Waals surface area contributed by atoms with Crippen LogP contribution in [0.5, 0.6) is 5.75 Å². The Balaban J connectivity index is 1.48. The monoisotopic (exact) mass is 485 g/mol. The number of esters is 1. The average molecular weight is 486 g/mol. The van der Waals surface area contributed by atoms with Gasteiger partial charge < -0.3 is 4.74 Å². The maximum absolute atomic E-state index is 12.2. The lowest BCUT2D eigenvalue weighted by Crippen LogP contribution is -2.34. The molecule has 0 saturated heterocycles. The predicted octanol–water partition coefficient (Wildman–Crippen LogP) is 3.30. The lowest BCUT2D eigenvalue weighted by atomic mass is 10.2. The number of aryl methyl sites for hydroxylation is 1. The zero-order valence-electron chi connectivity index (χ0n) is 17.5. The second-order valence-corrected chi connectivity index (χ2v) is 9.10. The van der Waals surface area contributed by atoms with Crippen LogP contribution in [0.4, 0.5) is 0 Å². The van der Waals surface area contributed by atoms with E-state index in [4.69, 9.17) is 16.3 Å². The number of hydrogen-bond donors (Lipinski definition) is 2. The van der Waals surface area contributed by atoms with Gasteiger partial charge in [0.2, 0.25) is 10.0 Å². The summed E-state index contributed by atoms with van der Waals surface area (Å²) in [6.45, 7) is 1.38. The molecular formula is C23H20ClN3O5S. The molecule has 33 heavy (non-hydrogen) atoms. The van der Waals surface area contributed by atoms with Crippen LogP contribution >= 0.6 is 11.6 Å². The van der Waals surface area contributed by atoms with E-state index in [-0.39, 0.29) is 4.90 Å².